The van der Waals surface area contributed by atoms with Crippen molar-refractivity contribution in [2.24, 2.45) is 13.0 Å². The fraction of sp³-hybridized carbons (Fsp3) is 0.300. The molecule has 0 aliphatic carbocycles. The first-order valence-electron chi connectivity index (χ1n) is 13.4. The Hall–Kier alpha value is -4.02. The maximum atomic E-state index is 13.7. The zero-order valence-electron chi connectivity index (χ0n) is 22.8. The van der Waals surface area contributed by atoms with Gasteiger partial charge in [0.05, 0.1) is 17.4 Å². The van der Waals surface area contributed by atoms with Crippen molar-refractivity contribution in [3.63, 3.8) is 0 Å². The van der Waals surface area contributed by atoms with Gasteiger partial charge in [0.25, 0.3) is 11.8 Å². The molecule has 208 valence electrons. The molecule has 9 nitrogen and oxygen atoms in total. The number of nitrogens with zero attached hydrogens (tertiary/aromatic N) is 3. The predicted molar refractivity (Wildman–Crippen MR) is 155 cm³/mol. The van der Waals surface area contributed by atoms with Crippen molar-refractivity contribution in [1.82, 2.24) is 19.2 Å². The number of carbonyl (C=O) groups excluding carboxylic acids is 2. The van der Waals surface area contributed by atoms with Crippen molar-refractivity contribution in [2.45, 2.75) is 37.6 Å². The van der Waals surface area contributed by atoms with Crippen LogP contribution in [0.3, 0.4) is 0 Å². The van der Waals surface area contributed by atoms with Crippen molar-refractivity contribution >= 4 is 38.3 Å². The second-order valence-electron chi connectivity index (χ2n) is 10.3. The van der Waals surface area contributed by atoms with Gasteiger partial charge in [0.2, 0.25) is 10.0 Å². The van der Waals surface area contributed by atoms with E-state index in [1.165, 1.54) is 0 Å². The van der Waals surface area contributed by atoms with E-state index in [1.54, 1.807) is 65.4 Å². The molecule has 2 atom stereocenters. The molecule has 0 bridgehead atoms. The van der Waals surface area contributed by atoms with Gasteiger partial charge in [-0.2, -0.15) is 0 Å². The zero-order valence-corrected chi connectivity index (χ0v) is 23.6. The van der Waals surface area contributed by atoms with Crippen molar-refractivity contribution in [1.29, 1.82) is 0 Å². The number of amides is 2. The molecular weight excluding hydrogens is 526 g/mol. The lowest BCUT2D eigenvalue weighted by Crippen LogP contribution is -2.52. The van der Waals surface area contributed by atoms with E-state index < -0.39 is 10.0 Å². The molecule has 2 heterocycles. The Morgan fingerprint density at radius 1 is 1.02 bits per heavy atom. The number of nitrogens with one attached hydrogen (secondary N) is 2. The molecule has 1 aliphatic rings. The van der Waals surface area contributed by atoms with Gasteiger partial charge >= 0.3 is 0 Å². The molecule has 0 spiro atoms. The third-order valence-electron chi connectivity index (χ3n) is 7.70. The molecule has 1 aromatic heterocycles. The molecular formula is C30H33N5O4S. The number of hydrogen-bond donors (Lipinski definition) is 2. The number of rotatable bonds is 7. The Morgan fingerprint density at radius 3 is 2.45 bits per heavy atom. The van der Waals surface area contributed by atoms with Gasteiger partial charge in [0.1, 0.15) is 5.69 Å². The summed E-state index contributed by atoms with van der Waals surface area (Å²) < 4.78 is 32.1. The monoisotopic (exact) mass is 559 g/mol. The van der Waals surface area contributed by atoms with Crippen LogP contribution in [0.5, 0.6) is 0 Å². The number of imidazole rings is 1. The lowest BCUT2D eigenvalue weighted by Gasteiger charge is -2.38. The highest BCUT2D eigenvalue weighted by Gasteiger charge is 2.34. The van der Waals surface area contributed by atoms with Crippen LogP contribution in [0.1, 0.15) is 46.2 Å². The van der Waals surface area contributed by atoms with E-state index in [0.717, 1.165) is 5.56 Å². The molecule has 0 unspecified atom stereocenters. The fourth-order valence-electron chi connectivity index (χ4n) is 5.41. The normalized spacial score (nSPS) is 17.6. The van der Waals surface area contributed by atoms with Crippen LogP contribution in [0.15, 0.2) is 78.1 Å². The molecule has 1 saturated heterocycles. The van der Waals surface area contributed by atoms with Crippen molar-refractivity contribution < 1.29 is 18.0 Å². The number of piperidine rings is 1. The number of likely N-dealkylation sites (tertiary alicyclic amines) is 1. The topological polar surface area (TPSA) is 113 Å². The van der Waals surface area contributed by atoms with Crippen LogP contribution in [-0.2, 0) is 17.1 Å². The number of aryl methyl sites for hydroxylation is 2. The maximum absolute atomic E-state index is 13.7. The second kappa shape index (κ2) is 11.2. The summed E-state index contributed by atoms with van der Waals surface area (Å²) in [5, 5.41) is 4.11. The average Bonchev–Trinajstić information content (AvgIpc) is 3.38. The van der Waals surface area contributed by atoms with Crippen LogP contribution < -0.4 is 10.0 Å². The van der Waals surface area contributed by atoms with Crippen LogP contribution in [0.2, 0.25) is 0 Å². The Bertz CT molecular complexity index is 1680. The molecule has 1 fully saturated rings. The first-order chi connectivity index (χ1) is 19.2. The smallest absolute Gasteiger partial charge is 0.272 e. The Kier molecular flexibility index (Phi) is 7.73. The zero-order chi connectivity index (χ0) is 28.4. The molecule has 1 aliphatic heterocycles. The number of carbonyl (C=O) groups is 2. The summed E-state index contributed by atoms with van der Waals surface area (Å²) in [7, 11) is -2.12. The lowest BCUT2D eigenvalue weighted by molar-refractivity contribution is 0.0631. The molecule has 2 N–H and O–H groups in total. The van der Waals surface area contributed by atoms with Gasteiger partial charge in [0.15, 0.2) is 0 Å². The second-order valence-corrected chi connectivity index (χ2v) is 11.9. The van der Waals surface area contributed by atoms with E-state index in [1.807, 2.05) is 38.1 Å². The summed E-state index contributed by atoms with van der Waals surface area (Å²) in [6, 6.07) is 17.3. The molecule has 0 radical (unpaired) electrons. The Labute approximate surface area is 234 Å². The number of fused-ring (bicyclic) bond motifs is 1. The van der Waals surface area contributed by atoms with Crippen LogP contribution in [0.4, 0.5) is 5.69 Å². The number of anilines is 1. The average molecular weight is 560 g/mol. The van der Waals surface area contributed by atoms with Gasteiger partial charge in [-0.1, -0.05) is 55.8 Å². The predicted octanol–water partition coefficient (Wildman–Crippen LogP) is 4.35. The largest absolute Gasteiger partial charge is 0.337 e. The molecule has 40 heavy (non-hydrogen) atoms. The van der Waals surface area contributed by atoms with E-state index in [0.29, 0.717) is 53.6 Å². The lowest BCUT2D eigenvalue weighted by atomic mass is 9.90. The Morgan fingerprint density at radius 2 is 1.75 bits per heavy atom. The Balaban J connectivity index is 1.37. The molecule has 2 amide bonds. The summed E-state index contributed by atoms with van der Waals surface area (Å²) in [5.41, 5.74) is 2.46. The molecule has 5 rings (SSSR count). The van der Waals surface area contributed by atoms with Gasteiger partial charge in [-0.05, 0) is 43.0 Å². The van der Waals surface area contributed by atoms with Gasteiger partial charge < -0.3 is 14.8 Å². The van der Waals surface area contributed by atoms with Crippen LogP contribution >= 0.6 is 0 Å². The standard InChI is InChI=1S/C30H33N5O4S/c1-4-21-18-35(30(37)27-17-31-19-34(27)3)16-15-25(21)33-40(38,39)28-14-13-26(23-11-7-8-12-24(23)28)32-29(36)22-10-6-5-9-20(22)2/h5-14,17,19,21,25,33H,4,15-16,18H2,1-3H3,(H,32,36)/t21-,25-/m1/s1. The highest BCUT2D eigenvalue weighted by atomic mass is 32.2. The number of hydrogen-bond acceptors (Lipinski definition) is 5. The SMILES string of the molecule is CC[C@@H]1CN(C(=O)c2cncn2C)CC[C@H]1NS(=O)(=O)c1ccc(NC(=O)c2ccccc2C)c2ccccc12. The highest BCUT2D eigenvalue weighted by Crippen LogP contribution is 2.31. The third kappa shape index (κ3) is 5.37. The van der Waals surface area contributed by atoms with E-state index >= 15 is 0 Å². The summed E-state index contributed by atoms with van der Waals surface area (Å²) in [4.78, 5) is 32.0. The molecule has 10 heteroatoms. The quantitative estimate of drug-likeness (QED) is 0.350. The van der Waals surface area contributed by atoms with E-state index in [9.17, 15) is 18.0 Å². The van der Waals surface area contributed by atoms with Crippen molar-refractivity contribution in [3.05, 3.63) is 90.0 Å². The first kappa shape index (κ1) is 27.5. The van der Waals surface area contributed by atoms with Crippen molar-refractivity contribution in [3.8, 4) is 0 Å². The number of sulfonamides is 1. The maximum Gasteiger partial charge on any atom is 0.272 e. The highest BCUT2D eigenvalue weighted by molar-refractivity contribution is 7.89. The molecule has 4 aromatic rings. The van der Waals surface area contributed by atoms with Gasteiger partial charge in [-0.25, -0.2) is 18.1 Å². The molecule has 3 aromatic carbocycles. The van der Waals surface area contributed by atoms with Crippen LogP contribution in [0.25, 0.3) is 10.8 Å². The molecule has 0 saturated carbocycles. The summed E-state index contributed by atoms with van der Waals surface area (Å²) in [6.45, 7) is 4.78. The van der Waals surface area contributed by atoms with Gasteiger partial charge in [0, 0.05) is 48.2 Å². The van der Waals surface area contributed by atoms with Crippen molar-refractivity contribution in [2.75, 3.05) is 18.4 Å². The minimum Gasteiger partial charge on any atom is -0.337 e. The van der Waals surface area contributed by atoms with E-state index in [4.69, 9.17) is 0 Å². The minimum absolute atomic E-state index is 0.0420. The number of benzene rings is 3. The first-order valence-corrected chi connectivity index (χ1v) is 14.8. The summed E-state index contributed by atoms with van der Waals surface area (Å²) >= 11 is 0. The number of aromatic nitrogens is 2. The van der Waals surface area contributed by atoms with E-state index in [2.05, 4.69) is 15.0 Å². The van der Waals surface area contributed by atoms with Crippen LogP contribution in [-0.4, -0.2) is 53.8 Å². The summed E-state index contributed by atoms with van der Waals surface area (Å²) in [5.74, 6) is -0.399. The van der Waals surface area contributed by atoms with E-state index in [-0.39, 0.29) is 28.7 Å². The van der Waals surface area contributed by atoms with Gasteiger partial charge in [-0.15, -0.1) is 0 Å². The third-order valence-corrected chi connectivity index (χ3v) is 9.25. The fourth-order valence-corrected chi connectivity index (χ4v) is 6.96. The minimum atomic E-state index is -3.90. The van der Waals surface area contributed by atoms with Crippen LogP contribution in [0, 0.1) is 12.8 Å². The van der Waals surface area contributed by atoms with Gasteiger partial charge in [-0.3, -0.25) is 9.59 Å². The summed E-state index contributed by atoms with van der Waals surface area (Å²) in [6.07, 6.45) is 4.36.